The quantitative estimate of drug-likeness (QED) is 0.462. The molecule has 102 valence electrons. The molecular formula is C16H22O2Si. The second-order valence-corrected chi connectivity index (χ2v) is 10.1. The van der Waals surface area contributed by atoms with E-state index in [0.717, 1.165) is 11.1 Å². The summed E-state index contributed by atoms with van der Waals surface area (Å²) in [7, 11) is -1.85. The van der Waals surface area contributed by atoms with E-state index in [9.17, 15) is 4.79 Å². The van der Waals surface area contributed by atoms with Gasteiger partial charge in [-0.05, 0) is 45.1 Å². The third kappa shape index (κ3) is 5.70. The third-order valence-corrected chi connectivity index (χ3v) is 3.20. The van der Waals surface area contributed by atoms with Crippen molar-refractivity contribution in [2.24, 2.45) is 0 Å². The molecular weight excluding hydrogens is 252 g/mol. The van der Waals surface area contributed by atoms with Gasteiger partial charge < -0.3 is 4.43 Å². The number of hydrogen-bond acceptors (Lipinski definition) is 2. The van der Waals surface area contributed by atoms with Crippen molar-refractivity contribution in [1.29, 1.82) is 0 Å². The second kappa shape index (κ2) is 6.52. The average Bonchev–Trinajstić information content (AvgIpc) is 2.27. The molecule has 3 heteroatoms. The van der Waals surface area contributed by atoms with E-state index in [0.29, 0.717) is 5.57 Å². The standard InChI is InChI=1S/C16H22O2Si/c1-13(2)15(16(17)18-19(3,4)5)12-11-14-9-7-6-8-10-14/h6-12H,1-5H3. The molecule has 0 spiro atoms. The molecule has 1 aromatic rings. The molecule has 0 aliphatic rings. The van der Waals surface area contributed by atoms with Gasteiger partial charge in [-0.2, -0.15) is 0 Å². The summed E-state index contributed by atoms with van der Waals surface area (Å²) in [4.78, 5) is 12.1. The lowest BCUT2D eigenvalue weighted by molar-refractivity contribution is -0.130. The maximum atomic E-state index is 12.1. The van der Waals surface area contributed by atoms with Crippen LogP contribution < -0.4 is 0 Å². The fraction of sp³-hybridized carbons (Fsp3) is 0.312. The maximum Gasteiger partial charge on any atom is 0.324 e. The van der Waals surface area contributed by atoms with E-state index in [1.807, 2.05) is 76.0 Å². The van der Waals surface area contributed by atoms with Gasteiger partial charge >= 0.3 is 5.97 Å². The zero-order valence-electron chi connectivity index (χ0n) is 12.4. The van der Waals surface area contributed by atoms with Crippen LogP contribution in [0.3, 0.4) is 0 Å². The van der Waals surface area contributed by atoms with Gasteiger partial charge in [0, 0.05) is 0 Å². The lowest BCUT2D eigenvalue weighted by Gasteiger charge is -2.18. The van der Waals surface area contributed by atoms with Gasteiger partial charge in [-0.25, -0.2) is 4.79 Å². The summed E-state index contributed by atoms with van der Waals surface area (Å²) in [6, 6.07) is 9.93. The highest BCUT2D eigenvalue weighted by atomic mass is 28.4. The zero-order chi connectivity index (χ0) is 14.5. The molecule has 19 heavy (non-hydrogen) atoms. The average molecular weight is 274 g/mol. The van der Waals surface area contributed by atoms with Crippen LogP contribution in [0.1, 0.15) is 19.4 Å². The normalized spacial score (nSPS) is 11.4. The summed E-state index contributed by atoms with van der Waals surface area (Å²) in [5, 5.41) is 0. The smallest absolute Gasteiger partial charge is 0.324 e. The van der Waals surface area contributed by atoms with Crippen molar-refractivity contribution in [2.45, 2.75) is 33.5 Å². The van der Waals surface area contributed by atoms with Crippen molar-refractivity contribution in [3.63, 3.8) is 0 Å². The van der Waals surface area contributed by atoms with Gasteiger partial charge in [-0.15, -0.1) is 0 Å². The number of allylic oxidation sites excluding steroid dienone is 1. The van der Waals surface area contributed by atoms with E-state index in [4.69, 9.17) is 4.43 Å². The Kier molecular flexibility index (Phi) is 5.30. The van der Waals surface area contributed by atoms with Crippen molar-refractivity contribution < 1.29 is 9.22 Å². The fourth-order valence-electron chi connectivity index (χ4n) is 1.52. The molecule has 0 radical (unpaired) electrons. The zero-order valence-corrected chi connectivity index (χ0v) is 13.4. The Bertz CT molecular complexity index is 489. The van der Waals surface area contributed by atoms with Crippen LogP contribution in [0.5, 0.6) is 0 Å². The minimum Gasteiger partial charge on any atom is -0.516 e. The summed E-state index contributed by atoms with van der Waals surface area (Å²) in [5.74, 6) is -0.216. The first kappa shape index (κ1) is 15.4. The molecule has 0 amide bonds. The SMILES string of the molecule is CC(C)=C(C=Cc1ccccc1)C(=O)O[Si](C)(C)C. The van der Waals surface area contributed by atoms with Crippen LogP contribution in [0.2, 0.25) is 19.6 Å². The molecule has 0 aliphatic carbocycles. The molecule has 0 bridgehead atoms. The second-order valence-electron chi connectivity index (χ2n) is 5.66. The first-order chi connectivity index (χ1) is 8.79. The topological polar surface area (TPSA) is 26.3 Å². The fourth-order valence-corrected chi connectivity index (χ4v) is 2.18. The van der Waals surface area contributed by atoms with Gasteiger partial charge in [0.05, 0.1) is 5.57 Å². The summed E-state index contributed by atoms with van der Waals surface area (Å²) in [5.41, 5.74) is 2.68. The third-order valence-electron chi connectivity index (χ3n) is 2.40. The lowest BCUT2D eigenvalue weighted by atomic mass is 10.1. The van der Waals surface area contributed by atoms with E-state index in [1.165, 1.54) is 0 Å². The Balaban J connectivity index is 2.90. The molecule has 0 saturated carbocycles. The lowest BCUT2D eigenvalue weighted by Crippen LogP contribution is -2.29. The highest BCUT2D eigenvalue weighted by Gasteiger charge is 2.21. The van der Waals surface area contributed by atoms with Crippen LogP contribution >= 0.6 is 0 Å². The number of carbonyl (C=O) groups is 1. The predicted octanol–water partition coefficient (Wildman–Crippen LogP) is 4.41. The molecule has 0 atom stereocenters. The van der Waals surface area contributed by atoms with Crippen molar-refractivity contribution in [2.75, 3.05) is 0 Å². The van der Waals surface area contributed by atoms with Crippen LogP contribution in [-0.2, 0) is 9.22 Å². The Morgan fingerprint density at radius 2 is 1.68 bits per heavy atom. The first-order valence-corrected chi connectivity index (χ1v) is 9.84. The molecule has 0 fully saturated rings. The maximum absolute atomic E-state index is 12.1. The van der Waals surface area contributed by atoms with Gasteiger partial charge in [0.15, 0.2) is 0 Å². The molecule has 0 N–H and O–H groups in total. The van der Waals surface area contributed by atoms with Crippen molar-refractivity contribution in [3.05, 3.63) is 53.1 Å². The van der Waals surface area contributed by atoms with Gasteiger partial charge in [0.25, 0.3) is 0 Å². The van der Waals surface area contributed by atoms with Crippen molar-refractivity contribution in [1.82, 2.24) is 0 Å². The van der Waals surface area contributed by atoms with E-state index in [-0.39, 0.29) is 5.97 Å². The van der Waals surface area contributed by atoms with Gasteiger partial charge in [0.1, 0.15) is 0 Å². The van der Waals surface area contributed by atoms with E-state index < -0.39 is 8.32 Å². The van der Waals surface area contributed by atoms with Gasteiger partial charge in [0.2, 0.25) is 8.32 Å². The van der Waals surface area contributed by atoms with Crippen LogP contribution in [0, 0.1) is 0 Å². The predicted molar refractivity (Wildman–Crippen MR) is 83.3 cm³/mol. The molecule has 0 aromatic heterocycles. The van der Waals surface area contributed by atoms with Crippen LogP contribution in [0.4, 0.5) is 0 Å². The van der Waals surface area contributed by atoms with Crippen LogP contribution in [-0.4, -0.2) is 14.3 Å². The molecule has 0 saturated heterocycles. The molecule has 0 aliphatic heterocycles. The summed E-state index contributed by atoms with van der Waals surface area (Å²) in [6.45, 7) is 9.88. The van der Waals surface area contributed by atoms with Crippen molar-refractivity contribution >= 4 is 20.4 Å². The van der Waals surface area contributed by atoms with Gasteiger partial charge in [-0.1, -0.05) is 42.0 Å². The van der Waals surface area contributed by atoms with Gasteiger partial charge in [-0.3, -0.25) is 0 Å². The summed E-state index contributed by atoms with van der Waals surface area (Å²) in [6.07, 6.45) is 3.78. The van der Waals surface area contributed by atoms with E-state index >= 15 is 0 Å². The Morgan fingerprint density at radius 1 is 1.11 bits per heavy atom. The first-order valence-electron chi connectivity index (χ1n) is 6.43. The molecule has 1 rings (SSSR count). The number of benzene rings is 1. The van der Waals surface area contributed by atoms with Crippen molar-refractivity contribution in [3.8, 4) is 0 Å². The highest BCUT2D eigenvalue weighted by molar-refractivity contribution is 6.71. The molecule has 1 aromatic carbocycles. The number of rotatable bonds is 4. The van der Waals surface area contributed by atoms with E-state index in [2.05, 4.69) is 0 Å². The molecule has 2 nitrogen and oxygen atoms in total. The minimum absolute atomic E-state index is 0.216. The van der Waals surface area contributed by atoms with Crippen LogP contribution in [0.15, 0.2) is 47.6 Å². The van der Waals surface area contributed by atoms with Crippen LogP contribution in [0.25, 0.3) is 6.08 Å². The monoisotopic (exact) mass is 274 g/mol. The Morgan fingerprint density at radius 3 is 2.16 bits per heavy atom. The largest absolute Gasteiger partial charge is 0.516 e. The highest BCUT2D eigenvalue weighted by Crippen LogP contribution is 2.14. The molecule has 0 unspecified atom stereocenters. The minimum atomic E-state index is -1.85. The summed E-state index contributed by atoms with van der Waals surface area (Å²) < 4.78 is 5.54. The Hall–Kier alpha value is -1.61. The summed E-state index contributed by atoms with van der Waals surface area (Å²) >= 11 is 0. The Labute approximate surface area is 116 Å². The number of carbonyl (C=O) groups excluding carboxylic acids is 1. The number of hydrogen-bond donors (Lipinski definition) is 0. The van der Waals surface area contributed by atoms with E-state index in [1.54, 1.807) is 0 Å². The molecule has 0 heterocycles.